The fraction of sp³-hybridized carbons (Fsp3) is 0.588. The van der Waals surface area contributed by atoms with Crippen LogP contribution >= 0.6 is 0 Å². The summed E-state index contributed by atoms with van der Waals surface area (Å²) in [6.07, 6.45) is 0.601. The second-order valence-electron chi connectivity index (χ2n) is 13.7. The molecule has 3 aliphatic carbocycles. The van der Waals surface area contributed by atoms with Gasteiger partial charge < -0.3 is 20.4 Å². The Morgan fingerprint density at radius 3 is 2.52 bits per heavy atom. The van der Waals surface area contributed by atoms with Crippen molar-refractivity contribution in [2.75, 3.05) is 32.7 Å². The largest absolute Gasteiger partial charge is 0.394 e. The van der Waals surface area contributed by atoms with Crippen molar-refractivity contribution >= 4 is 17.5 Å². The standard InChI is InChI=1S/C34H48N4O6/c1-19-27-15-25(34(27,3)4)16-28(19)35-33(42)31-30(20(2)40)29(18-39)44-38(31)17-21-9-8-10-22(11-21)23-12-24(32(41)36-43-7)14-26(13-23)37(5)6/h8-14,19-20,25,27-31,39-40H,15-18H2,1-7H3,(H,35,42)(H,36,41)/t19-,20-,25+,27+,28-,29-,30+,31-/m0/s1. The first-order valence-corrected chi connectivity index (χ1v) is 15.6. The monoisotopic (exact) mass is 608 g/mol. The van der Waals surface area contributed by atoms with Crippen LogP contribution in [0.15, 0.2) is 42.5 Å². The maximum Gasteiger partial charge on any atom is 0.274 e. The minimum atomic E-state index is -0.860. The number of aliphatic hydroxyl groups is 2. The molecule has 6 rings (SSSR count). The Kier molecular flexibility index (Phi) is 9.39. The van der Waals surface area contributed by atoms with Crippen LogP contribution in [0.2, 0.25) is 0 Å². The molecule has 0 aromatic heterocycles. The number of benzene rings is 2. The number of hydroxylamine groups is 3. The van der Waals surface area contributed by atoms with Crippen LogP contribution < -0.4 is 15.7 Å². The molecular formula is C34H48N4O6. The van der Waals surface area contributed by atoms with Crippen LogP contribution in [0.3, 0.4) is 0 Å². The van der Waals surface area contributed by atoms with Crippen molar-refractivity contribution in [2.45, 2.75) is 71.4 Å². The number of rotatable bonds is 10. The summed E-state index contributed by atoms with van der Waals surface area (Å²) in [7, 11) is 5.23. The zero-order valence-corrected chi connectivity index (χ0v) is 26.9. The number of fused-ring (bicyclic) bond motifs is 2. The third-order valence-electron chi connectivity index (χ3n) is 10.6. The lowest BCUT2D eigenvalue weighted by Gasteiger charge is -2.62. The summed E-state index contributed by atoms with van der Waals surface area (Å²) in [5.41, 5.74) is 6.63. The first-order chi connectivity index (χ1) is 20.8. The van der Waals surface area contributed by atoms with E-state index in [1.165, 1.54) is 13.5 Å². The first kappa shape index (κ1) is 32.4. The van der Waals surface area contributed by atoms with E-state index in [4.69, 9.17) is 9.68 Å². The third-order valence-corrected chi connectivity index (χ3v) is 10.6. The summed E-state index contributed by atoms with van der Waals surface area (Å²) >= 11 is 0. The van der Waals surface area contributed by atoms with Gasteiger partial charge in [-0.2, -0.15) is 5.06 Å². The average molecular weight is 609 g/mol. The van der Waals surface area contributed by atoms with Crippen molar-refractivity contribution in [1.29, 1.82) is 0 Å². The van der Waals surface area contributed by atoms with E-state index in [1.54, 1.807) is 18.1 Å². The minimum Gasteiger partial charge on any atom is -0.394 e. The zero-order valence-electron chi connectivity index (χ0n) is 26.9. The Morgan fingerprint density at radius 2 is 1.91 bits per heavy atom. The van der Waals surface area contributed by atoms with Gasteiger partial charge in [0.25, 0.3) is 5.91 Å². The van der Waals surface area contributed by atoms with E-state index in [0.29, 0.717) is 28.7 Å². The number of anilines is 1. The van der Waals surface area contributed by atoms with Gasteiger partial charge in [-0.05, 0) is 83.9 Å². The highest BCUT2D eigenvalue weighted by molar-refractivity contribution is 5.96. The molecule has 2 aromatic rings. The molecule has 10 heteroatoms. The molecule has 0 unspecified atom stereocenters. The smallest absolute Gasteiger partial charge is 0.274 e. The number of aliphatic hydroxyl groups excluding tert-OH is 2. The minimum absolute atomic E-state index is 0.0701. The Balaban J connectivity index is 1.40. The van der Waals surface area contributed by atoms with E-state index in [-0.39, 0.29) is 31.0 Å². The van der Waals surface area contributed by atoms with Gasteiger partial charge in [-0.25, -0.2) is 5.48 Å². The molecule has 8 atom stereocenters. The molecular weight excluding hydrogens is 560 g/mol. The fourth-order valence-corrected chi connectivity index (χ4v) is 7.83. The lowest BCUT2D eigenvalue weighted by atomic mass is 9.45. The molecule has 4 fully saturated rings. The van der Waals surface area contributed by atoms with Gasteiger partial charge in [0.15, 0.2) is 0 Å². The normalized spacial score (nSPS) is 29.9. The molecule has 240 valence electrons. The van der Waals surface area contributed by atoms with Crippen LogP contribution in [-0.2, 0) is 21.0 Å². The molecule has 0 spiro atoms. The second-order valence-corrected chi connectivity index (χ2v) is 13.7. The van der Waals surface area contributed by atoms with Gasteiger partial charge in [0.2, 0.25) is 5.91 Å². The van der Waals surface area contributed by atoms with Gasteiger partial charge in [0.05, 0.1) is 26.4 Å². The van der Waals surface area contributed by atoms with E-state index in [9.17, 15) is 19.8 Å². The molecule has 1 heterocycles. The third kappa shape index (κ3) is 6.10. The van der Waals surface area contributed by atoms with Crippen molar-refractivity contribution in [3.63, 3.8) is 0 Å². The van der Waals surface area contributed by atoms with Crippen molar-refractivity contribution < 1.29 is 29.5 Å². The van der Waals surface area contributed by atoms with Crippen molar-refractivity contribution in [2.24, 2.45) is 29.1 Å². The molecule has 4 N–H and O–H groups in total. The quantitative estimate of drug-likeness (QED) is 0.303. The van der Waals surface area contributed by atoms with Crippen LogP contribution in [0.25, 0.3) is 11.1 Å². The summed E-state index contributed by atoms with van der Waals surface area (Å²) in [6.45, 7) is 8.52. The van der Waals surface area contributed by atoms with E-state index < -0.39 is 24.2 Å². The molecule has 2 bridgehead atoms. The number of nitrogens with zero attached hydrogens (tertiary/aromatic N) is 2. The highest BCUT2D eigenvalue weighted by Gasteiger charge is 2.57. The lowest BCUT2D eigenvalue weighted by Crippen LogP contribution is -2.62. The average Bonchev–Trinajstić information content (AvgIpc) is 3.36. The molecule has 1 aliphatic heterocycles. The van der Waals surface area contributed by atoms with Crippen LogP contribution in [0.1, 0.15) is 56.5 Å². The summed E-state index contributed by atoms with van der Waals surface area (Å²) in [4.78, 5) is 39.5. The highest BCUT2D eigenvalue weighted by atomic mass is 16.7. The topological polar surface area (TPSA) is 124 Å². The van der Waals surface area contributed by atoms with E-state index in [1.807, 2.05) is 55.4 Å². The molecule has 3 saturated carbocycles. The fourth-order valence-electron chi connectivity index (χ4n) is 7.83. The molecule has 1 saturated heterocycles. The van der Waals surface area contributed by atoms with Gasteiger partial charge in [-0.3, -0.25) is 19.3 Å². The van der Waals surface area contributed by atoms with Crippen LogP contribution in [0, 0.1) is 29.1 Å². The first-order valence-electron chi connectivity index (χ1n) is 15.6. The van der Waals surface area contributed by atoms with E-state index in [2.05, 4.69) is 31.6 Å². The van der Waals surface area contributed by atoms with Crippen LogP contribution in [-0.4, -0.2) is 79.2 Å². The van der Waals surface area contributed by atoms with Gasteiger partial charge >= 0.3 is 0 Å². The molecule has 10 nitrogen and oxygen atoms in total. The van der Waals surface area contributed by atoms with Crippen molar-refractivity contribution in [1.82, 2.24) is 15.9 Å². The Hall–Kier alpha value is -3.02. The number of hydrogen-bond acceptors (Lipinski definition) is 8. The van der Waals surface area contributed by atoms with Crippen LogP contribution in [0.5, 0.6) is 0 Å². The number of carbonyl (C=O) groups excluding carboxylic acids is 2. The summed E-state index contributed by atoms with van der Waals surface area (Å²) < 4.78 is 0. The maximum absolute atomic E-state index is 14.0. The predicted octanol–water partition coefficient (Wildman–Crippen LogP) is 3.37. The number of nitrogens with one attached hydrogen (secondary N) is 2. The van der Waals surface area contributed by atoms with Gasteiger partial charge in [0.1, 0.15) is 12.1 Å². The van der Waals surface area contributed by atoms with Gasteiger partial charge in [0, 0.05) is 37.3 Å². The Bertz CT molecular complexity index is 1360. The summed E-state index contributed by atoms with van der Waals surface area (Å²) in [5.74, 6) is 0.421. The van der Waals surface area contributed by atoms with Crippen LogP contribution in [0.4, 0.5) is 5.69 Å². The van der Waals surface area contributed by atoms with Crippen molar-refractivity contribution in [3.05, 3.63) is 53.6 Å². The predicted molar refractivity (Wildman–Crippen MR) is 168 cm³/mol. The SMILES string of the molecule is CONC(=O)c1cc(-c2cccc(CN3O[C@@H](CO)[C@@H]([C@H](C)O)[C@H]3C(=O)N[C@H]3C[C@H]4C[C@H]([C@@H]3C)C4(C)C)c2)cc(N(C)C)c1. The molecule has 2 aromatic carbocycles. The molecule has 44 heavy (non-hydrogen) atoms. The zero-order chi connectivity index (χ0) is 31.9. The summed E-state index contributed by atoms with van der Waals surface area (Å²) in [6, 6.07) is 12.8. The number of hydrogen-bond donors (Lipinski definition) is 4. The van der Waals surface area contributed by atoms with Crippen molar-refractivity contribution in [3.8, 4) is 11.1 Å². The Labute approximate surface area is 260 Å². The number of amides is 2. The maximum atomic E-state index is 14.0. The van der Waals surface area contributed by atoms with Gasteiger partial charge in [-0.1, -0.05) is 39.0 Å². The molecule has 0 radical (unpaired) electrons. The second kappa shape index (κ2) is 12.8. The Morgan fingerprint density at radius 1 is 1.16 bits per heavy atom. The molecule has 2 amide bonds. The molecule has 4 aliphatic rings. The van der Waals surface area contributed by atoms with Gasteiger partial charge in [-0.15, -0.1) is 0 Å². The lowest BCUT2D eigenvalue weighted by molar-refractivity contribution is -0.183. The van der Waals surface area contributed by atoms with E-state index >= 15 is 0 Å². The summed E-state index contributed by atoms with van der Waals surface area (Å²) in [5, 5.41) is 25.9. The highest BCUT2D eigenvalue weighted by Crippen LogP contribution is 2.61. The van der Waals surface area contributed by atoms with E-state index in [0.717, 1.165) is 28.8 Å². The number of carbonyl (C=O) groups is 2.